The Hall–Kier alpha value is -1.39. The zero-order valence-electron chi connectivity index (χ0n) is 15.3. The predicted molar refractivity (Wildman–Crippen MR) is 97.3 cm³/mol. The fraction of sp³-hybridized carbons (Fsp3) is 0.650. The third-order valence-electron chi connectivity index (χ3n) is 5.08. The van der Waals surface area contributed by atoms with Gasteiger partial charge in [0.1, 0.15) is 0 Å². The minimum Gasteiger partial charge on any atom is -0.381 e. The first-order chi connectivity index (χ1) is 11.7. The van der Waals surface area contributed by atoms with Crippen LogP contribution in [0.3, 0.4) is 0 Å². The molecule has 0 unspecified atom stereocenters. The van der Waals surface area contributed by atoms with E-state index >= 15 is 0 Å². The average Bonchev–Trinajstić information content (AvgIpc) is 2.62. The summed E-state index contributed by atoms with van der Waals surface area (Å²) >= 11 is 0. The first-order valence-electron chi connectivity index (χ1n) is 9.43. The molecule has 24 heavy (non-hydrogen) atoms. The first-order valence-corrected chi connectivity index (χ1v) is 9.43. The number of carbonyl (C=O) groups is 1. The number of ether oxygens (including phenoxy) is 1. The Kier molecular flexibility index (Phi) is 7.73. The van der Waals surface area contributed by atoms with Crippen LogP contribution in [0.5, 0.6) is 0 Å². The summed E-state index contributed by atoms with van der Waals surface area (Å²) in [5, 5.41) is 3.22. The summed E-state index contributed by atoms with van der Waals surface area (Å²) in [5.41, 5.74) is 1.34. The number of nitrogens with one attached hydrogen (secondary N) is 2. The standard InChI is InChI=1S/C20H32N2O2/c1-3-12-22(13-4-2)16-19(23)21-17-20(10-14-24-15-11-20)18-8-6-5-7-9-18/h5-9H,3-4,10-17H2,1-2H3,(H,21,23)/p+1. The molecule has 1 aliphatic heterocycles. The van der Waals surface area contributed by atoms with Gasteiger partial charge < -0.3 is 15.0 Å². The Bertz CT molecular complexity index is 478. The van der Waals surface area contributed by atoms with Crippen molar-refractivity contribution in [1.82, 2.24) is 5.32 Å². The topological polar surface area (TPSA) is 42.8 Å². The van der Waals surface area contributed by atoms with Crippen molar-refractivity contribution < 1.29 is 14.4 Å². The van der Waals surface area contributed by atoms with Crippen LogP contribution >= 0.6 is 0 Å². The van der Waals surface area contributed by atoms with E-state index in [9.17, 15) is 4.79 Å². The molecule has 2 N–H and O–H groups in total. The van der Waals surface area contributed by atoms with E-state index in [0.29, 0.717) is 13.1 Å². The molecular formula is C20H33N2O2+. The second-order valence-electron chi connectivity index (χ2n) is 6.96. The lowest BCUT2D eigenvalue weighted by atomic mass is 9.74. The zero-order chi connectivity index (χ0) is 17.3. The van der Waals surface area contributed by atoms with E-state index in [1.54, 1.807) is 0 Å². The Morgan fingerprint density at radius 3 is 2.33 bits per heavy atom. The van der Waals surface area contributed by atoms with Crippen LogP contribution in [0.15, 0.2) is 30.3 Å². The quantitative estimate of drug-likeness (QED) is 0.720. The smallest absolute Gasteiger partial charge is 0.275 e. The number of hydrogen-bond donors (Lipinski definition) is 2. The molecule has 1 amide bonds. The van der Waals surface area contributed by atoms with E-state index in [0.717, 1.165) is 52.0 Å². The van der Waals surface area contributed by atoms with E-state index in [-0.39, 0.29) is 11.3 Å². The molecule has 0 atom stereocenters. The molecule has 1 aliphatic rings. The van der Waals surface area contributed by atoms with Crippen molar-refractivity contribution in [3.63, 3.8) is 0 Å². The summed E-state index contributed by atoms with van der Waals surface area (Å²) in [5.74, 6) is 0.175. The van der Waals surface area contributed by atoms with Gasteiger partial charge in [-0.2, -0.15) is 0 Å². The molecule has 4 nitrogen and oxygen atoms in total. The van der Waals surface area contributed by atoms with Gasteiger partial charge in [0.25, 0.3) is 5.91 Å². The van der Waals surface area contributed by atoms with Crippen molar-refractivity contribution >= 4 is 5.91 Å². The van der Waals surface area contributed by atoms with Crippen LogP contribution < -0.4 is 10.2 Å². The predicted octanol–water partition coefficient (Wildman–Crippen LogP) is 1.56. The minimum atomic E-state index is 0.0187. The third kappa shape index (κ3) is 5.32. The van der Waals surface area contributed by atoms with E-state index in [4.69, 9.17) is 4.74 Å². The van der Waals surface area contributed by atoms with Crippen LogP contribution in [0.4, 0.5) is 0 Å². The summed E-state index contributed by atoms with van der Waals surface area (Å²) in [7, 11) is 0. The van der Waals surface area contributed by atoms with Gasteiger partial charge in [0.05, 0.1) is 13.1 Å². The van der Waals surface area contributed by atoms with Crippen molar-refractivity contribution in [2.24, 2.45) is 0 Å². The van der Waals surface area contributed by atoms with Gasteiger partial charge in [-0.25, -0.2) is 0 Å². The molecule has 0 saturated carbocycles. The van der Waals surface area contributed by atoms with Crippen LogP contribution in [0, 0.1) is 0 Å². The van der Waals surface area contributed by atoms with Crippen LogP contribution in [0.2, 0.25) is 0 Å². The van der Waals surface area contributed by atoms with E-state index in [1.165, 1.54) is 10.5 Å². The lowest BCUT2D eigenvalue weighted by Crippen LogP contribution is -3.13. The SMILES string of the molecule is CCC[NH+](CCC)CC(=O)NCC1(c2ccccc2)CCOCC1. The Morgan fingerprint density at radius 1 is 1.12 bits per heavy atom. The van der Waals surface area contributed by atoms with Crippen molar-refractivity contribution in [2.75, 3.05) is 39.4 Å². The number of benzene rings is 1. The van der Waals surface area contributed by atoms with E-state index in [1.807, 2.05) is 6.07 Å². The van der Waals surface area contributed by atoms with Crippen LogP contribution in [-0.4, -0.2) is 45.3 Å². The van der Waals surface area contributed by atoms with Gasteiger partial charge >= 0.3 is 0 Å². The molecule has 1 aromatic carbocycles. The van der Waals surface area contributed by atoms with E-state index in [2.05, 4.69) is 43.4 Å². The van der Waals surface area contributed by atoms with Crippen molar-refractivity contribution in [3.05, 3.63) is 35.9 Å². The Balaban J connectivity index is 1.96. The minimum absolute atomic E-state index is 0.0187. The lowest BCUT2D eigenvalue weighted by Gasteiger charge is -2.38. The maximum atomic E-state index is 12.5. The summed E-state index contributed by atoms with van der Waals surface area (Å²) in [4.78, 5) is 13.8. The molecule has 4 heteroatoms. The van der Waals surface area contributed by atoms with Gasteiger partial charge in [0, 0.05) is 25.2 Å². The molecule has 0 aliphatic carbocycles. The fourth-order valence-corrected chi connectivity index (χ4v) is 3.69. The highest BCUT2D eigenvalue weighted by molar-refractivity contribution is 5.77. The number of amides is 1. The average molecular weight is 333 g/mol. The number of carbonyl (C=O) groups excluding carboxylic acids is 1. The lowest BCUT2D eigenvalue weighted by molar-refractivity contribution is -0.892. The second kappa shape index (κ2) is 9.80. The Morgan fingerprint density at radius 2 is 1.75 bits per heavy atom. The maximum Gasteiger partial charge on any atom is 0.275 e. The molecule has 2 rings (SSSR count). The van der Waals surface area contributed by atoms with Gasteiger partial charge in [-0.15, -0.1) is 0 Å². The highest BCUT2D eigenvalue weighted by Gasteiger charge is 2.34. The van der Waals surface area contributed by atoms with Crippen molar-refractivity contribution in [2.45, 2.75) is 44.9 Å². The Labute approximate surface area is 146 Å². The summed E-state index contributed by atoms with van der Waals surface area (Å²) < 4.78 is 5.56. The zero-order valence-corrected chi connectivity index (χ0v) is 15.3. The highest BCUT2D eigenvalue weighted by Crippen LogP contribution is 2.34. The normalized spacial score (nSPS) is 17.0. The van der Waals surface area contributed by atoms with Crippen molar-refractivity contribution in [3.8, 4) is 0 Å². The molecule has 1 aromatic rings. The third-order valence-corrected chi connectivity index (χ3v) is 5.08. The monoisotopic (exact) mass is 333 g/mol. The number of quaternary nitrogens is 1. The van der Waals surface area contributed by atoms with Gasteiger partial charge in [-0.1, -0.05) is 44.2 Å². The summed E-state index contributed by atoms with van der Waals surface area (Å²) in [6, 6.07) is 10.6. The number of rotatable bonds is 9. The van der Waals surface area contributed by atoms with Gasteiger partial charge in [0.15, 0.2) is 6.54 Å². The van der Waals surface area contributed by atoms with Crippen LogP contribution in [-0.2, 0) is 14.9 Å². The summed E-state index contributed by atoms with van der Waals surface area (Å²) in [6.45, 7) is 9.34. The van der Waals surface area contributed by atoms with Crippen LogP contribution in [0.1, 0.15) is 45.1 Å². The van der Waals surface area contributed by atoms with Gasteiger partial charge in [0.2, 0.25) is 0 Å². The fourth-order valence-electron chi connectivity index (χ4n) is 3.69. The van der Waals surface area contributed by atoms with Crippen LogP contribution in [0.25, 0.3) is 0 Å². The molecule has 0 aromatic heterocycles. The van der Waals surface area contributed by atoms with Gasteiger partial charge in [-0.3, -0.25) is 4.79 Å². The second-order valence-corrected chi connectivity index (χ2v) is 6.96. The molecule has 0 radical (unpaired) electrons. The van der Waals surface area contributed by atoms with E-state index < -0.39 is 0 Å². The van der Waals surface area contributed by atoms with Crippen molar-refractivity contribution in [1.29, 1.82) is 0 Å². The molecule has 1 fully saturated rings. The molecule has 1 heterocycles. The molecule has 0 bridgehead atoms. The van der Waals surface area contributed by atoms with Gasteiger partial charge in [-0.05, 0) is 31.2 Å². The summed E-state index contributed by atoms with van der Waals surface area (Å²) in [6.07, 6.45) is 4.18. The largest absolute Gasteiger partial charge is 0.381 e. The highest BCUT2D eigenvalue weighted by atomic mass is 16.5. The number of hydrogen-bond acceptors (Lipinski definition) is 2. The first kappa shape index (κ1) is 18.9. The molecule has 0 spiro atoms. The molecular weight excluding hydrogens is 300 g/mol. The molecule has 1 saturated heterocycles. The molecule has 134 valence electrons. The maximum absolute atomic E-state index is 12.5.